The standard InChI is InChI=1S/C14H21NO2/c1-4-15(7-8-16)14(17)10-13-9-11(2)5-6-12(13)3/h5-6,9,16H,4,7-8,10H2,1-3H3. The van der Waals surface area contributed by atoms with Crippen molar-refractivity contribution in [3.05, 3.63) is 34.9 Å². The summed E-state index contributed by atoms with van der Waals surface area (Å²) in [6.07, 6.45) is 0.418. The number of amides is 1. The molecule has 1 rings (SSSR count). The summed E-state index contributed by atoms with van der Waals surface area (Å²) in [5.41, 5.74) is 3.39. The first kappa shape index (κ1) is 13.7. The molecule has 1 amide bonds. The molecule has 0 heterocycles. The van der Waals surface area contributed by atoms with Gasteiger partial charge >= 0.3 is 0 Å². The molecule has 0 saturated heterocycles. The Kier molecular flexibility index (Phi) is 5.16. The van der Waals surface area contributed by atoms with Gasteiger partial charge in [0.25, 0.3) is 0 Å². The molecular weight excluding hydrogens is 214 g/mol. The molecule has 0 aliphatic heterocycles. The Hall–Kier alpha value is -1.35. The van der Waals surface area contributed by atoms with Gasteiger partial charge in [0.2, 0.25) is 5.91 Å². The van der Waals surface area contributed by atoms with Gasteiger partial charge in [-0.05, 0) is 31.9 Å². The van der Waals surface area contributed by atoms with Crippen LogP contribution in [0.2, 0.25) is 0 Å². The lowest BCUT2D eigenvalue weighted by atomic mass is 10.0. The zero-order chi connectivity index (χ0) is 12.8. The second-order valence-corrected chi connectivity index (χ2v) is 4.30. The molecule has 0 saturated carbocycles. The number of benzene rings is 1. The summed E-state index contributed by atoms with van der Waals surface area (Å²) in [7, 11) is 0. The van der Waals surface area contributed by atoms with Gasteiger partial charge in [0.1, 0.15) is 0 Å². The Balaban J connectivity index is 2.76. The molecule has 0 unspecified atom stereocenters. The molecule has 3 nitrogen and oxygen atoms in total. The zero-order valence-electron chi connectivity index (χ0n) is 10.9. The first-order chi connectivity index (χ1) is 8.08. The van der Waals surface area contributed by atoms with Gasteiger partial charge < -0.3 is 10.0 Å². The van der Waals surface area contributed by atoms with Crippen LogP contribution in [0.3, 0.4) is 0 Å². The number of carbonyl (C=O) groups is 1. The third-order valence-corrected chi connectivity index (χ3v) is 2.95. The van der Waals surface area contributed by atoms with Crippen molar-refractivity contribution < 1.29 is 9.90 Å². The number of aliphatic hydroxyl groups is 1. The largest absolute Gasteiger partial charge is 0.395 e. The summed E-state index contributed by atoms with van der Waals surface area (Å²) in [6.45, 7) is 7.05. The number of likely N-dealkylation sites (N-methyl/N-ethyl adjacent to an activating group) is 1. The van der Waals surface area contributed by atoms with Crippen LogP contribution in [0.5, 0.6) is 0 Å². The quantitative estimate of drug-likeness (QED) is 0.843. The highest BCUT2D eigenvalue weighted by Gasteiger charge is 2.12. The minimum atomic E-state index is 0.0202. The maximum absolute atomic E-state index is 12.0. The van der Waals surface area contributed by atoms with Crippen LogP contribution in [0.25, 0.3) is 0 Å². The Bertz CT molecular complexity index is 388. The van der Waals surface area contributed by atoms with Gasteiger partial charge in [0.15, 0.2) is 0 Å². The van der Waals surface area contributed by atoms with Crippen molar-refractivity contribution in [1.29, 1.82) is 0 Å². The van der Waals surface area contributed by atoms with Crippen molar-refractivity contribution in [3.63, 3.8) is 0 Å². The average Bonchev–Trinajstić information content (AvgIpc) is 2.30. The summed E-state index contributed by atoms with van der Waals surface area (Å²) >= 11 is 0. The number of aliphatic hydroxyl groups excluding tert-OH is 1. The van der Waals surface area contributed by atoms with Gasteiger partial charge in [-0.15, -0.1) is 0 Å². The molecule has 1 aromatic carbocycles. The molecule has 0 aliphatic rings. The second-order valence-electron chi connectivity index (χ2n) is 4.30. The third-order valence-electron chi connectivity index (χ3n) is 2.95. The van der Waals surface area contributed by atoms with Crippen LogP contribution < -0.4 is 0 Å². The van der Waals surface area contributed by atoms with Crippen molar-refractivity contribution in [1.82, 2.24) is 4.90 Å². The number of rotatable bonds is 5. The summed E-state index contributed by atoms with van der Waals surface area (Å²) in [5.74, 6) is 0.0789. The van der Waals surface area contributed by atoms with Crippen molar-refractivity contribution in [2.45, 2.75) is 27.2 Å². The fraction of sp³-hybridized carbons (Fsp3) is 0.500. The van der Waals surface area contributed by atoms with E-state index in [1.807, 2.05) is 26.8 Å². The van der Waals surface area contributed by atoms with E-state index in [2.05, 4.69) is 12.1 Å². The third kappa shape index (κ3) is 3.86. The van der Waals surface area contributed by atoms with E-state index in [1.54, 1.807) is 4.90 Å². The lowest BCUT2D eigenvalue weighted by Crippen LogP contribution is -2.34. The van der Waals surface area contributed by atoms with E-state index < -0.39 is 0 Å². The van der Waals surface area contributed by atoms with Gasteiger partial charge in [0.05, 0.1) is 13.0 Å². The highest BCUT2D eigenvalue weighted by molar-refractivity contribution is 5.79. The van der Waals surface area contributed by atoms with Gasteiger partial charge in [0, 0.05) is 13.1 Å². The van der Waals surface area contributed by atoms with Crippen LogP contribution in [-0.4, -0.2) is 35.6 Å². The number of nitrogens with zero attached hydrogens (tertiary/aromatic N) is 1. The lowest BCUT2D eigenvalue weighted by molar-refractivity contribution is -0.130. The predicted molar refractivity (Wildman–Crippen MR) is 69.0 cm³/mol. The normalized spacial score (nSPS) is 10.4. The van der Waals surface area contributed by atoms with E-state index in [-0.39, 0.29) is 12.5 Å². The molecule has 0 atom stereocenters. The Labute approximate surface area is 103 Å². The molecule has 0 fully saturated rings. The first-order valence-electron chi connectivity index (χ1n) is 6.03. The molecule has 0 radical (unpaired) electrons. The van der Waals surface area contributed by atoms with Gasteiger partial charge in [-0.3, -0.25) is 4.79 Å². The van der Waals surface area contributed by atoms with Crippen LogP contribution in [-0.2, 0) is 11.2 Å². The van der Waals surface area contributed by atoms with Crippen molar-refractivity contribution in [2.75, 3.05) is 19.7 Å². The molecule has 0 aliphatic carbocycles. The van der Waals surface area contributed by atoms with Gasteiger partial charge in [-0.25, -0.2) is 0 Å². The predicted octanol–water partition coefficient (Wildman–Crippen LogP) is 1.69. The maximum Gasteiger partial charge on any atom is 0.227 e. The molecular formula is C14H21NO2. The van der Waals surface area contributed by atoms with Crippen LogP contribution in [0.4, 0.5) is 0 Å². The topological polar surface area (TPSA) is 40.5 Å². The van der Waals surface area contributed by atoms with Crippen molar-refractivity contribution in [3.8, 4) is 0 Å². The number of hydrogen-bond donors (Lipinski definition) is 1. The van der Waals surface area contributed by atoms with E-state index >= 15 is 0 Å². The second kappa shape index (κ2) is 6.40. The van der Waals surface area contributed by atoms with Crippen LogP contribution >= 0.6 is 0 Å². The van der Waals surface area contributed by atoms with E-state index in [1.165, 1.54) is 5.56 Å². The Morgan fingerprint density at radius 2 is 2.06 bits per heavy atom. The molecule has 94 valence electrons. The van der Waals surface area contributed by atoms with E-state index in [0.717, 1.165) is 11.1 Å². The fourth-order valence-corrected chi connectivity index (χ4v) is 1.85. The lowest BCUT2D eigenvalue weighted by Gasteiger charge is -2.20. The summed E-state index contributed by atoms with van der Waals surface area (Å²) in [6, 6.07) is 6.15. The fourth-order valence-electron chi connectivity index (χ4n) is 1.85. The first-order valence-corrected chi connectivity index (χ1v) is 6.03. The molecule has 3 heteroatoms. The van der Waals surface area contributed by atoms with Crippen molar-refractivity contribution >= 4 is 5.91 Å². The smallest absolute Gasteiger partial charge is 0.227 e. The Morgan fingerprint density at radius 1 is 1.35 bits per heavy atom. The minimum Gasteiger partial charge on any atom is -0.395 e. The van der Waals surface area contributed by atoms with Crippen LogP contribution in [0.1, 0.15) is 23.6 Å². The van der Waals surface area contributed by atoms with E-state index in [9.17, 15) is 4.79 Å². The summed E-state index contributed by atoms with van der Waals surface area (Å²) in [5, 5.41) is 8.89. The summed E-state index contributed by atoms with van der Waals surface area (Å²) in [4.78, 5) is 13.7. The number of aryl methyl sites for hydroxylation is 2. The zero-order valence-corrected chi connectivity index (χ0v) is 10.9. The van der Waals surface area contributed by atoms with E-state index in [4.69, 9.17) is 5.11 Å². The SMILES string of the molecule is CCN(CCO)C(=O)Cc1cc(C)ccc1C. The number of hydrogen-bond acceptors (Lipinski definition) is 2. The van der Waals surface area contributed by atoms with Crippen molar-refractivity contribution in [2.24, 2.45) is 0 Å². The van der Waals surface area contributed by atoms with Gasteiger partial charge in [-0.1, -0.05) is 23.8 Å². The molecule has 0 aromatic heterocycles. The molecule has 1 aromatic rings. The minimum absolute atomic E-state index is 0.0202. The van der Waals surface area contributed by atoms with Crippen LogP contribution in [0, 0.1) is 13.8 Å². The van der Waals surface area contributed by atoms with Gasteiger partial charge in [-0.2, -0.15) is 0 Å². The number of carbonyl (C=O) groups excluding carboxylic acids is 1. The van der Waals surface area contributed by atoms with Crippen LogP contribution in [0.15, 0.2) is 18.2 Å². The summed E-state index contributed by atoms with van der Waals surface area (Å²) < 4.78 is 0. The highest BCUT2D eigenvalue weighted by atomic mass is 16.3. The molecule has 17 heavy (non-hydrogen) atoms. The molecule has 1 N–H and O–H groups in total. The molecule has 0 bridgehead atoms. The molecule has 0 spiro atoms. The van der Waals surface area contributed by atoms with E-state index in [0.29, 0.717) is 19.5 Å². The average molecular weight is 235 g/mol. The maximum atomic E-state index is 12.0. The monoisotopic (exact) mass is 235 g/mol. The Morgan fingerprint density at radius 3 is 2.65 bits per heavy atom. The highest BCUT2D eigenvalue weighted by Crippen LogP contribution is 2.12.